The largest absolute Gasteiger partial charge is 0.497 e. The predicted octanol–water partition coefficient (Wildman–Crippen LogP) is 3.45. The summed E-state index contributed by atoms with van der Waals surface area (Å²) in [5.41, 5.74) is 1.41. The zero-order valence-corrected chi connectivity index (χ0v) is 13.3. The number of nitrogens with zero attached hydrogens (tertiary/aromatic N) is 2. The number of halogens is 1. The van der Waals surface area contributed by atoms with Crippen LogP contribution in [0.1, 0.15) is 11.5 Å². The minimum atomic E-state index is -0.512. The van der Waals surface area contributed by atoms with Crippen molar-refractivity contribution in [1.29, 1.82) is 0 Å². The van der Waals surface area contributed by atoms with E-state index in [1.807, 2.05) is 0 Å². The average Bonchev–Trinajstić information content (AvgIpc) is 3.04. The highest BCUT2D eigenvalue weighted by molar-refractivity contribution is 5.98. The molecule has 128 valence electrons. The van der Waals surface area contributed by atoms with Gasteiger partial charge in [0.1, 0.15) is 11.6 Å². The Bertz CT molecular complexity index is 847. The SMILES string of the molecule is COc1ccc(NC(=O)Nc2nnc(Cc3ccc(F)cc3)o2)cc1. The highest BCUT2D eigenvalue weighted by atomic mass is 19.1. The standard InChI is InChI=1S/C17H15FN4O3/c1-24-14-8-6-13(7-9-14)19-16(23)20-17-22-21-15(25-17)10-11-2-4-12(18)5-3-11/h2-9H,10H2,1H3,(H2,19,20,22,23). The van der Waals surface area contributed by atoms with Gasteiger partial charge in [0.25, 0.3) is 0 Å². The Morgan fingerprint density at radius 3 is 2.48 bits per heavy atom. The molecule has 1 aromatic heterocycles. The lowest BCUT2D eigenvalue weighted by Gasteiger charge is -2.05. The Labute approximate surface area is 142 Å². The lowest BCUT2D eigenvalue weighted by Crippen LogP contribution is -2.19. The number of aromatic nitrogens is 2. The fraction of sp³-hybridized carbons (Fsp3) is 0.118. The average molecular weight is 342 g/mol. The van der Waals surface area contributed by atoms with E-state index < -0.39 is 6.03 Å². The first kappa shape index (κ1) is 16.4. The van der Waals surface area contributed by atoms with Gasteiger partial charge >= 0.3 is 12.0 Å². The van der Waals surface area contributed by atoms with E-state index in [4.69, 9.17) is 9.15 Å². The van der Waals surface area contributed by atoms with Crippen LogP contribution in [0.5, 0.6) is 5.75 Å². The molecule has 2 aromatic carbocycles. The van der Waals surface area contributed by atoms with E-state index in [1.165, 1.54) is 12.1 Å². The van der Waals surface area contributed by atoms with Gasteiger partial charge in [-0.2, -0.15) is 0 Å². The summed E-state index contributed by atoms with van der Waals surface area (Å²) in [5.74, 6) is 0.687. The highest BCUT2D eigenvalue weighted by Gasteiger charge is 2.10. The summed E-state index contributed by atoms with van der Waals surface area (Å²) >= 11 is 0. The first-order chi connectivity index (χ1) is 12.1. The summed E-state index contributed by atoms with van der Waals surface area (Å²) < 4.78 is 23.3. The van der Waals surface area contributed by atoms with Gasteiger partial charge in [0.05, 0.1) is 13.5 Å². The molecule has 0 aliphatic heterocycles. The molecule has 0 atom stereocenters. The first-order valence-corrected chi connectivity index (χ1v) is 7.41. The van der Waals surface area contributed by atoms with Crippen molar-refractivity contribution in [2.45, 2.75) is 6.42 Å². The number of carbonyl (C=O) groups is 1. The molecule has 0 aliphatic rings. The molecule has 0 saturated heterocycles. The zero-order valence-electron chi connectivity index (χ0n) is 13.3. The van der Waals surface area contributed by atoms with Crippen LogP contribution in [-0.4, -0.2) is 23.3 Å². The molecular weight excluding hydrogens is 327 g/mol. The summed E-state index contributed by atoms with van der Waals surface area (Å²) in [6, 6.07) is 12.3. The van der Waals surface area contributed by atoms with Crippen molar-refractivity contribution in [3.8, 4) is 5.75 Å². The molecule has 0 radical (unpaired) electrons. The fourth-order valence-corrected chi connectivity index (χ4v) is 2.09. The van der Waals surface area contributed by atoms with Crippen LogP contribution in [0, 0.1) is 5.82 Å². The van der Waals surface area contributed by atoms with E-state index in [2.05, 4.69) is 20.8 Å². The molecule has 0 spiro atoms. The third kappa shape index (κ3) is 4.54. The van der Waals surface area contributed by atoms with Crippen LogP contribution in [0.3, 0.4) is 0 Å². The van der Waals surface area contributed by atoms with Crippen molar-refractivity contribution < 1.29 is 18.3 Å². The van der Waals surface area contributed by atoms with Crippen molar-refractivity contribution in [2.24, 2.45) is 0 Å². The maximum Gasteiger partial charge on any atom is 0.327 e. The normalized spacial score (nSPS) is 10.3. The highest BCUT2D eigenvalue weighted by Crippen LogP contribution is 2.16. The van der Waals surface area contributed by atoms with E-state index >= 15 is 0 Å². The lowest BCUT2D eigenvalue weighted by molar-refractivity contribution is 0.261. The van der Waals surface area contributed by atoms with Gasteiger partial charge in [-0.25, -0.2) is 9.18 Å². The minimum absolute atomic E-state index is 0.0249. The minimum Gasteiger partial charge on any atom is -0.497 e. The summed E-state index contributed by atoms with van der Waals surface area (Å²) in [7, 11) is 1.56. The predicted molar refractivity (Wildman–Crippen MR) is 89.1 cm³/mol. The second-order valence-electron chi connectivity index (χ2n) is 5.11. The van der Waals surface area contributed by atoms with Gasteiger partial charge < -0.3 is 14.5 Å². The number of carbonyl (C=O) groups excluding carboxylic acids is 1. The van der Waals surface area contributed by atoms with Crippen molar-refractivity contribution in [3.05, 3.63) is 65.8 Å². The molecular formula is C17H15FN4O3. The fourth-order valence-electron chi connectivity index (χ4n) is 2.09. The van der Waals surface area contributed by atoms with E-state index in [0.717, 1.165) is 5.56 Å². The molecule has 1 heterocycles. The number of hydrogen-bond donors (Lipinski definition) is 2. The molecule has 8 heteroatoms. The second kappa shape index (κ2) is 7.43. The maximum atomic E-state index is 12.9. The Kier molecular flexibility index (Phi) is 4.89. The van der Waals surface area contributed by atoms with Crippen LogP contribution in [0.25, 0.3) is 0 Å². The maximum absolute atomic E-state index is 12.9. The molecule has 0 bridgehead atoms. The summed E-state index contributed by atoms with van der Waals surface area (Å²) in [6.45, 7) is 0. The molecule has 2 N–H and O–H groups in total. The number of benzene rings is 2. The van der Waals surface area contributed by atoms with Crippen LogP contribution >= 0.6 is 0 Å². The van der Waals surface area contributed by atoms with Crippen LogP contribution < -0.4 is 15.4 Å². The molecule has 25 heavy (non-hydrogen) atoms. The number of hydrogen-bond acceptors (Lipinski definition) is 5. The van der Waals surface area contributed by atoms with Crippen molar-refractivity contribution in [1.82, 2.24) is 10.2 Å². The monoisotopic (exact) mass is 342 g/mol. The van der Waals surface area contributed by atoms with Crippen LogP contribution in [0.4, 0.5) is 20.9 Å². The molecule has 0 aliphatic carbocycles. The van der Waals surface area contributed by atoms with E-state index in [1.54, 1.807) is 43.5 Å². The van der Waals surface area contributed by atoms with Crippen molar-refractivity contribution in [2.75, 3.05) is 17.7 Å². The summed E-state index contributed by atoms with van der Waals surface area (Å²) in [4.78, 5) is 11.9. The van der Waals surface area contributed by atoms with Gasteiger partial charge in [-0.3, -0.25) is 5.32 Å². The number of nitrogens with one attached hydrogen (secondary N) is 2. The molecule has 0 saturated carbocycles. The van der Waals surface area contributed by atoms with E-state index in [9.17, 15) is 9.18 Å². The zero-order chi connectivity index (χ0) is 17.6. The number of methoxy groups -OCH3 is 1. The van der Waals surface area contributed by atoms with Gasteiger partial charge in [-0.15, -0.1) is 5.10 Å². The Morgan fingerprint density at radius 1 is 1.08 bits per heavy atom. The Morgan fingerprint density at radius 2 is 1.80 bits per heavy atom. The number of amides is 2. The van der Waals surface area contributed by atoms with Crippen molar-refractivity contribution in [3.63, 3.8) is 0 Å². The van der Waals surface area contributed by atoms with Crippen LogP contribution in [-0.2, 0) is 6.42 Å². The first-order valence-electron chi connectivity index (χ1n) is 7.41. The van der Waals surface area contributed by atoms with E-state index in [0.29, 0.717) is 23.7 Å². The molecule has 0 unspecified atom stereocenters. The van der Waals surface area contributed by atoms with Gasteiger partial charge in [0.2, 0.25) is 5.89 Å². The number of ether oxygens (including phenoxy) is 1. The molecule has 0 fully saturated rings. The third-order valence-corrected chi connectivity index (χ3v) is 3.30. The third-order valence-electron chi connectivity index (χ3n) is 3.30. The van der Waals surface area contributed by atoms with Crippen LogP contribution in [0.15, 0.2) is 52.9 Å². The van der Waals surface area contributed by atoms with Crippen LogP contribution in [0.2, 0.25) is 0 Å². The topological polar surface area (TPSA) is 89.3 Å². The molecule has 7 nitrogen and oxygen atoms in total. The van der Waals surface area contributed by atoms with Gasteiger partial charge in [0.15, 0.2) is 0 Å². The quantitative estimate of drug-likeness (QED) is 0.741. The van der Waals surface area contributed by atoms with E-state index in [-0.39, 0.29) is 11.8 Å². The molecule has 2 amide bonds. The van der Waals surface area contributed by atoms with Crippen molar-refractivity contribution >= 4 is 17.7 Å². The van der Waals surface area contributed by atoms with Gasteiger partial charge in [-0.05, 0) is 42.0 Å². The summed E-state index contributed by atoms with van der Waals surface area (Å²) in [5, 5.41) is 12.7. The number of urea groups is 1. The van der Waals surface area contributed by atoms with Gasteiger partial charge in [-0.1, -0.05) is 17.2 Å². The Hall–Kier alpha value is -3.42. The Balaban J connectivity index is 1.56. The lowest BCUT2D eigenvalue weighted by atomic mass is 10.1. The second-order valence-corrected chi connectivity index (χ2v) is 5.11. The smallest absolute Gasteiger partial charge is 0.327 e. The summed E-state index contributed by atoms with van der Waals surface area (Å²) in [6.07, 6.45) is 0.342. The molecule has 3 rings (SSSR count). The molecule has 3 aromatic rings. The number of rotatable bonds is 5. The number of anilines is 2. The van der Waals surface area contributed by atoms with Gasteiger partial charge in [0, 0.05) is 5.69 Å².